The van der Waals surface area contributed by atoms with Gasteiger partial charge >= 0.3 is 0 Å². The number of aromatic nitrogens is 1. The lowest BCUT2D eigenvalue weighted by atomic mass is 10.2. The number of oxime groups is 1. The Morgan fingerprint density at radius 3 is 2.84 bits per heavy atom. The van der Waals surface area contributed by atoms with E-state index in [0.29, 0.717) is 13.1 Å². The van der Waals surface area contributed by atoms with Crippen LogP contribution in [0.25, 0.3) is 0 Å². The highest BCUT2D eigenvalue weighted by Crippen LogP contribution is 2.14. The second-order valence-electron chi connectivity index (χ2n) is 4.44. The molecule has 1 rings (SSSR count). The summed E-state index contributed by atoms with van der Waals surface area (Å²) in [5.41, 5.74) is 7.38. The molecule has 0 aromatic carbocycles. The van der Waals surface area contributed by atoms with Gasteiger partial charge in [0.05, 0.1) is 19.3 Å². The SMILES string of the molecule is CCCN(C/C(N)=N/O)Cc1cc(OC)cc(C)n1. The van der Waals surface area contributed by atoms with Crippen molar-refractivity contribution < 1.29 is 9.94 Å². The van der Waals surface area contributed by atoms with E-state index in [0.717, 1.165) is 30.1 Å². The van der Waals surface area contributed by atoms with Gasteiger partial charge in [0.2, 0.25) is 0 Å². The number of aryl methyl sites for hydroxylation is 1. The van der Waals surface area contributed by atoms with E-state index in [2.05, 4.69) is 22.0 Å². The lowest BCUT2D eigenvalue weighted by molar-refractivity contribution is 0.283. The molecule has 0 aliphatic carbocycles. The van der Waals surface area contributed by atoms with Crippen molar-refractivity contribution in [1.82, 2.24) is 9.88 Å². The largest absolute Gasteiger partial charge is 0.497 e. The number of methoxy groups -OCH3 is 1. The van der Waals surface area contributed by atoms with Crippen molar-refractivity contribution in [3.63, 3.8) is 0 Å². The quantitative estimate of drug-likeness (QED) is 0.337. The Morgan fingerprint density at radius 2 is 2.26 bits per heavy atom. The Balaban J connectivity index is 2.80. The first-order valence-electron chi connectivity index (χ1n) is 6.29. The van der Waals surface area contributed by atoms with E-state index in [9.17, 15) is 0 Å². The molecule has 6 heteroatoms. The molecule has 0 bridgehead atoms. The average molecular weight is 266 g/mol. The summed E-state index contributed by atoms with van der Waals surface area (Å²) >= 11 is 0. The lowest BCUT2D eigenvalue weighted by Gasteiger charge is -2.20. The van der Waals surface area contributed by atoms with Gasteiger partial charge in [-0.1, -0.05) is 12.1 Å². The first kappa shape index (κ1) is 15.2. The van der Waals surface area contributed by atoms with E-state index >= 15 is 0 Å². The monoisotopic (exact) mass is 266 g/mol. The standard InChI is InChI=1S/C13H22N4O2/c1-4-5-17(9-13(14)16-18)8-11-7-12(19-3)6-10(2)15-11/h6-7,18H,4-5,8-9H2,1-3H3,(H2,14,16). The molecule has 1 aromatic heterocycles. The molecular weight excluding hydrogens is 244 g/mol. The van der Waals surface area contributed by atoms with E-state index in [1.807, 2.05) is 19.1 Å². The van der Waals surface area contributed by atoms with Crippen LogP contribution in [0.2, 0.25) is 0 Å². The van der Waals surface area contributed by atoms with Gasteiger partial charge in [-0.25, -0.2) is 0 Å². The van der Waals surface area contributed by atoms with Crippen LogP contribution in [0.1, 0.15) is 24.7 Å². The molecule has 0 saturated heterocycles. The molecule has 3 N–H and O–H groups in total. The van der Waals surface area contributed by atoms with Crippen LogP contribution in [-0.4, -0.2) is 41.1 Å². The predicted molar refractivity (Wildman–Crippen MR) is 74.5 cm³/mol. The van der Waals surface area contributed by atoms with Crippen LogP contribution in [0, 0.1) is 6.92 Å². The summed E-state index contributed by atoms with van der Waals surface area (Å²) < 4.78 is 5.23. The van der Waals surface area contributed by atoms with E-state index in [4.69, 9.17) is 15.7 Å². The van der Waals surface area contributed by atoms with Crippen LogP contribution in [0.15, 0.2) is 17.3 Å². The van der Waals surface area contributed by atoms with Crippen LogP contribution in [0.5, 0.6) is 5.75 Å². The van der Waals surface area contributed by atoms with Gasteiger partial charge in [0, 0.05) is 24.4 Å². The molecule has 0 atom stereocenters. The molecule has 0 amide bonds. The average Bonchev–Trinajstić information content (AvgIpc) is 2.38. The minimum atomic E-state index is 0.202. The molecule has 1 heterocycles. The van der Waals surface area contributed by atoms with Crippen molar-refractivity contribution in [1.29, 1.82) is 0 Å². The van der Waals surface area contributed by atoms with Gasteiger partial charge in [-0.05, 0) is 19.9 Å². The normalized spacial score (nSPS) is 11.9. The number of hydrogen-bond acceptors (Lipinski definition) is 5. The number of amidine groups is 1. The minimum absolute atomic E-state index is 0.202. The minimum Gasteiger partial charge on any atom is -0.497 e. The number of nitrogens with zero attached hydrogens (tertiary/aromatic N) is 3. The van der Waals surface area contributed by atoms with E-state index in [-0.39, 0.29) is 5.84 Å². The van der Waals surface area contributed by atoms with Crippen molar-refractivity contribution in [2.24, 2.45) is 10.9 Å². The third-order valence-corrected chi connectivity index (χ3v) is 2.66. The van der Waals surface area contributed by atoms with Crippen LogP contribution in [0.4, 0.5) is 0 Å². The summed E-state index contributed by atoms with van der Waals surface area (Å²) in [6, 6.07) is 3.79. The van der Waals surface area contributed by atoms with Gasteiger partial charge in [0.25, 0.3) is 0 Å². The Labute approximate surface area is 113 Å². The van der Waals surface area contributed by atoms with Crippen LogP contribution >= 0.6 is 0 Å². The number of nitrogens with two attached hydrogens (primary N) is 1. The number of pyridine rings is 1. The zero-order valence-electron chi connectivity index (χ0n) is 11.8. The summed E-state index contributed by atoms with van der Waals surface area (Å²) in [5, 5.41) is 11.7. The molecule has 0 fully saturated rings. The predicted octanol–water partition coefficient (Wildman–Crippen LogP) is 1.36. The van der Waals surface area contributed by atoms with Gasteiger partial charge in [-0.3, -0.25) is 9.88 Å². The van der Waals surface area contributed by atoms with Gasteiger partial charge in [0.15, 0.2) is 5.84 Å². The smallest absolute Gasteiger partial charge is 0.153 e. The second kappa shape index (κ2) is 7.58. The van der Waals surface area contributed by atoms with Crippen molar-refractivity contribution in [2.75, 3.05) is 20.2 Å². The summed E-state index contributed by atoms with van der Waals surface area (Å²) in [6.45, 7) is 5.93. The molecule has 19 heavy (non-hydrogen) atoms. The molecular formula is C13H22N4O2. The number of rotatable bonds is 7. The maximum absolute atomic E-state index is 8.64. The third kappa shape index (κ3) is 5.13. The van der Waals surface area contributed by atoms with Gasteiger partial charge in [-0.15, -0.1) is 0 Å². The highest BCUT2D eigenvalue weighted by molar-refractivity contribution is 5.81. The summed E-state index contributed by atoms with van der Waals surface area (Å²) in [7, 11) is 1.64. The summed E-state index contributed by atoms with van der Waals surface area (Å²) in [6.07, 6.45) is 0.988. The Bertz CT molecular complexity index is 435. The fraction of sp³-hybridized carbons (Fsp3) is 0.538. The van der Waals surface area contributed by atoms with Gasteiger partial charge in [-0.2, -0.15) is 0 Å². The van der Waals surface area contributed by atoms with Gasteiger partial charge < -0.3 is 15.7 Å². The zero-order valence-corrected chi connectivity index (χ0v) is 11.8. The molecule has 0 aliphatic heterocycles. The lowest BCUT2D eigenvalue weighted by Crippen LogP contribution is -2.34. The van der Waals surface area contributed by atoms with Gasteiger partial charge in [0.1, 0.15) is 5.75 Å². The number of ether oxygens (including phenoxy) is 1. The van der Waals surface area contributed by atoms with Crippen molar-refractivity contribution in [3.8, 4) is 5.75 Å². The molecule has 0 unspecified atom stereocenters. The molecule has 0 radical (unpaired) electrons. The second-order valence-corrected chi connectivity index (χ2v) is 4.44. The number of hydrogen-bond donors (Lipinski definition) is 2. The maximum Gasteiger partial charge on any atom is 0.153 e. The Hall–Kier alpha value is -1.82. The first-order chi connectivity index (χ1) is 9.08. The third-order valence-electron chi connectivity index (χ3n) is 2.66. The fourth-order valence-corrected chi connectivity index (χ4v) is 1.92. The summed E-state index contributed by atoms with van der Waals surface area (Å²) in [4.78, 5) is 6.55. The zero-order chi connectivity index (χ0) is 14.3. The van der Waals surface area contributed by atoms with E-state index in [1.165, 1.54) is 0 Å². The highest BCUT2D eigenvalue weighted by Gasteiger charge is 2.10. The Morgan fingerprint density at radius 1 is 1.53 bits per heavy atom. The molecule has 0 spiro atoms. The van der Waals surface area contributed by atoms with Crippen LogP contribution < -0.4 is 10.5 Å². The Kier molecular flexibility index (Phi) is 6.08. The van der Waals surface area contributed by atoms with Crippen molar-refractivity contribution in [2.45, 2.75) is 26.8 Å². The molecule has 0 aliphatic rings. The molecule has 1 aromatic rings. The van der Waals surface area contributed by atoms with Crippen LogP contribution in [0.3, 0.4) is 0 Å². The van der Waals surface area contributed by atoms with Crippen molar-refractivity contribution >= 4 is 5.84 Å². The highest BCUT2D eigenvalue weighted by atomic mass is 16.5. The fourth-order valence-electron chi connectivity index (χ4n) is 1.92. The van der Waals surface area contributed by atoms with E-state index < -0.39 is 0 Å². The summed E-state index contributed by atoms with van der Waals surface area (Å²) in [5.74, 6) is 0.996. The van der Waals surface area contributed by atoms with Crippen LogP contribution in [-0.2, 0) is 6.54 Å². The molecule has 6 nitrogen and oxygen atoms in total. The maximum atomic E-state index is 8.64. The molecule has 106 valence electrons. The topological polar surface area (TPSA) is 84.0 Å². The molecule has 0 saturated carbocycles. The first-order valence-corrected chi connectivity index (χ1v) is 6.29. The van der Waals surface area contributed by atoms with Crippen molar-refractivity contribution in [3.05, 3.63) is 23.5 Å². The van der Waals surface area contributed by atoms with E-state index in [1.54, 1.807) is 7.11 Å².